The van der Waals surface area contributed by atoms with Crippen LogP contribution in [-0.4, -0.2) is 24.2 Å². The fraction of sp³-hybridized carbons (Fsp3) is 0.364. The molecule has 1 atom stereocenters. The van der Waals surface area contributed by atoms with Gasteiger partial charge in [0.2, 0.25) is 0 Å². The number of ether oxygens (including phenoxy) is 1. The average Bonchev–Trinajstić information content (AvgIpc) is 2.16. The first-order valence-electron chi connectivity index (χ1n) is 4.82. The molecule has 1 aromatic rings. The number of rotatable bonds is 5. The van der Waals surface area contributed by atoms with E-state index in [1.54, 1.807) is 12.1 Å². The van der Waals surface area contributed by atoms with Crippen LogP contribution in [0.5, 0.6) is 5.75 Å². The number of hydrogen-bond donors (Lipinski definition) is 2. The Morgan fingerprint density at radius 3 is 2.81 bits per heavy atom. The minimum absolute atomic E-state index is 0.0519. The molecule has 1 unspecified atom stereocenters. The van der Waals surface area contributed by atoms with Gasteiger partial charge in [0, 0.05) is 6.04 Å². The predicted molar refractivity (Wildman–Crippen MR) is 61.9 cm³/mol. The molecule has 0 aromatic heterocycles. The molecule has 3 N–H and O–H groups in total. The summed E-state index contributed by atoms with van der Waals surface area (Å²) in [6.45, 7) is 0. The molecular formula is C11H14ClNO3. The molecule has 0 heterocycles. The highest BCUT2D eigenvalue weighted by Crippen LogP contribution is 2.25. The van der Waals surface area contributed by atoms with Gasteiger partial charge >= 0.3 is 5.97 Å². The second-order valence-electron chi connectivity index (χ2n) is 3.53. The number of aliphatic carboxylic acids is 1. The van der Waals surface area contributed by atoms with Gasteiger partial charge in [-0.3, -0.25) is 4.79 Å². The van der Waals surface area contributed by atoms with Crippen molar-refractivity contribution >= 4 is 17.6 Å². The molecule has 0 aliphatic rings. The molecule has 0 aliphatic carbocycles. The van der Waals surface area contributed by atoms with E-state index >= 15 is 0 Å². The normalized spacial score (nSPS) is 12.2. The third kappa shape index (κ3) is 3.72. The van der Waals surface area contributed by atoms with Crippen LogP contribution >= 0.6 is 11.6 Å². The molecule has 16 heavy (non-hydrogen) atoms. The smallest absolute Gasteiger partial charge is 0.304 e. The van der Waals surface area contributed by atoms with Crippen molar-refractivity contribution in [3.05, 3.63) is 28.8 Å². The molecule has 0 aliphatic heterocycles. The molecule has 1 aromatic carbocycles. The van der Waals surface area contributed by atoms with E-state index in [9.17, 15) is 4.79 Å². The van der Waals surface area contributed by atoms with Crippen molar-refractivity contribution in [3.63, 3.8) is 0 Å². The maximum Gasteiger partial charge on any atom is 0.304 e. The van der Waals surface area contributed by atoms with Gasteiger partial charge < -0.3 is 15.6 Å². The average molecular weight is 244 g/mol. The highest BCUT2D eigenvalue weighted by atomic mass is 35.5. The van der Waals surface area contributed by atoms with Crippen LogP contribution in [0.1, 0.15) is 12.0 Å². The molecule has 0 fully saturated rings. The van der Waals surface area contributed by atoms with Gasteiger partial charge in [0.1, 0.15) is 5.75 Å². The molecule has 0 amide bonds. The Balaban J connectivity index is 2.67. The van der Waals surface area contributed by atoms with Crippen molar-refractivity contribution in [2.24, 2.45) is 5.73 Å². The molecule has 0 spiro atoms. The van der Waals surface area contributed by atoms with Gasteiger partial charge in [-0.1, -0.05) is 17.7 Å². The van der Waals surface area contributed by atoms with Crippen LogP contribution in [0.3, 0.4) is 0 Å². The van der Waals surface area contributed by atoms with Crippen LogP contribution in [-0.2, 0) is 11.2 Å². The summed E-state index contributed by atoms with van der Waals surface area (Å²) >= 11 is 5.94. The molecule has 5 heteroatoms. The molecule has 0 saturated carbocycles. The van der Waals surface area contributed by atoms with Crippen LogP contribution in [0.4, 0.5) is 0 Å². The molecule has 4 nitrogen and oxygen atoms in total. The summed E-state index contributed by atoms with van der Waals surface area (Å²) in [7, 11) is 1.54. The molecule has 0 bridgehead atoms. The van der Waals surface area contributed by atoms with Crippen LogP contribution in [0.2, 0.25) is 5.02 Å². The maximum atomic E-state index is 10.4. The van der Waals surface area contributed by atoms with E-state index in [1.807, 2.05) is 6.07 Å². The topological polar surface area (TPSA) is 72.5 Å². The van der Waals surface area contributed by atoms with Gasteiger partial charge in [0.15, 0.2) is 0 Å². The Morgan fingerprint density at radius 2 is 2.31 bits per heavy atom. The molecule has 1 rings (SSSR count). The standard InChI is InChI=1S/C11H14ClNO3/c1-16-10-3-2-7(5-9(10)12)4-8(13)6-11(14)15/h2-3,5,8H,4,6,13H2,1H3,(H,14,15). The van der Waals surface area contributed by atoms with Crippen molar-refractivity contribution in [2.45, 2.75) is 18.9 Å². The summed E-state index contributed by atoms with van der Waals surface area (Å²) in [5.41, 5.74) is 6.57. The van der Waals surface area contributed by atoms with Gasteiger partial charge in [0.05, 0.1) is 18.6 Å². The largest absolute Gasteiger partial charge is 0.495 e. The lowest BCUT2D eigenvalue weighted by Crippen LogP contribution is -2.26. The SMILES string of the molecule is COc1ccc(CC(N)CC(=O)O)cc1Cl. The summed E-state index contributed by atoms with van der Waals surface area (Å²) in [5, 5.41) is 9.07. The lowest BCUT2D eigenvalue weighted by Gasteiger charge is -2.10. The Labute approximate surface area is 99.0 Å². The van der Waals surface area contributed by atoms with E-state index in [0.717, 1.165) is 5.56 Å². The molecule has 88 valence electrons. The van der Waals surface area contributed by atoms with E-state index < -0.39 is 12.0 Å². The van der Waals surface area contributed by atoms with Crippen molar-refractivity contribution in [1.29, 1.82) is 0 Å². The fourth-order valence-electron chi connectivity index (χ4n) is 1.44. The molecule has 0 saturated heterocycles. The zero-order valence-electron chi connectivity index (χ0n) is 8.94. The minimum Gasteiger partial charge on any atom is -0.495 e. The molecular weight excluding hydrogens is 230 g/mol. The first kappa shape index (κ1) is 12.8. The fourth-order valence-corrected chi connectivity index (χ4v) is 1.72. The minimum atomic E-state index is -0.896. The third-order valence-corrected chi connectivity index (χ3v) is 2.45. The van der Waals surface area contributed by atoms with Crippen molar-refractivity contribution < 1.29 is 14.6 Å². The number of nitrogens with two attached hydrogens (primary N) is 1. The van der Waals surface area contributed by atoms with E-state index in [0.29, 0.717) is 17.2 Å². The lowest BCUT2D eigenvalue weighted by atomic mass is 10.0. The Bertz CT molecular complexity index is 381. The van der Waals surface area contributed by atoms with Gasteiger partial charge in [-0.2, -0.15) is 0 Å². The van der Waals surface area contributed by atoms with Gasteiger partial charge in [-0.25, -0.2) is 0 Å². The Morgan fingerprint density at radius 1 is 1.62 bits per heavy atom. The van der Waals surface area contributed by atoms with Crippen molar-refractivity contribution in [3.8, 4) is 5.75 Å². The quantitative estimate of drug-likeness (QED) is 0.826. The predicted octanol–water partition coefficient (Wildman–Crippen LogP) is 1.69. The number of halogens is 1. The lowest BCUT2D eigenvalue weighted by molar-refractivity contribution is -0.137. The van der Waals surface area contributed by atoms with Crippen LogP contribution < -0.4 is 10.5 Å². The summed E-state index contributed by atoms with van der Waals surface area (Å²) in [4.78, 5) is 10.4. The summed E-state index contributed by atoms with van der Waals surface area (Å²) in [6.07, 6.45) is 0.430. The van der Waals surface area contributed by atoms with Gasteiger partial charge in [-0.05, 0) is 24.1 Å². The first-order chi connectivity index (χ1) is 7.52. The van der Waals surface area contributed by atoms with E-state index in [1.165, 1.54) is 7.11 Å². The second kappa shape index (κ2) is 5.72. The highest BCUT2D eigenvalue weighted by molar-refractivity contribution is 6.32. The number of benzene rings is 1. The monoisotopic (exact) mass is 243 g/mol. The van der Waals surface area contributed by atoms with Crippen LogP contribution in [0.15, 0.2) is 18.2 Å². The summed E-state index contributed by atoms with van der Waals surface area (Å²) in [5.74, 6) is -0.302. The number of methoxy groups -OCH3 is 1. The number of carbonyl (C=O) groups is 1. The van der Waals surface area contributed by atoms with Gasteiger partial charge in [-0.15, -0.1) is 0 Å². The number of carboxylic acid groups (broad SMARTS) is 1. The Hall–Kier alpha value is -1.26. The second-order valence-corrected chi connectivity index (χ2v) is 3.94. The summed E-state index contributed by atoms with van der Waals surface area (Å²) in [6, 6.07) is 4.90. The van der Waals surface area contributed by atoms with Crippen LogP contribution in [0.25, 0.3) is 0 Å². The zero-order chi connectivity index (χ0) is 12.1. The number of carboxylic acids is 1. The van der Waals surface area contributed by atoms with Crippen molar-refractivity contribution in [1.82, 2.24) is 0 Å². The number of hydrogen-bond acceptors (Lipinski definition) is 3. The van der Waals surface area contributed by atoms with E-state index in [4.69, 9.17) is 27.2 Å². The third-order valence-electron chi connectivity index (χ3n) is 2.15. The first-order valence-corrected chi connectivity index (χ1v) is 5.20. The Kier molecular flexibility index (Phi) is 4.58. The maximum absolute atomic E-state index is 10.4. The van der Waals surface area contributed by atoms with Crippen LogP contribution in [0, 0.1) is 0 Å². The zero-order valence-corrected chi connectivity index (χ0v) is 9.70. The van der Waals surface area contributed by atoms with E-state index in [2.05, 4.69) is 0 Å². The highest BCUT2D eigenvalue weighted by Gasteiger charge is 2.10. The summed E-state index contributed by atoms with van der Waals surface area (Å²) < 4.78 is 5.01. The van der Waals surface area contributed by atoms with Gasteiger partial charge in [0.25, 0.3) is 0 Å². The van der Waals surface area contributed by atoms with Crippen molar-refractivity contribution in [2.75, 3.05) is 7.11 Å². The van der Waals surface area contributed by atoms with E-state index in [-0.39, 0.29) is 6.42 Å². The molecule has 0 radical (unpaired) electrons.